The van der Waals surface area contributed by atoms with E-state index in [4.69, 9.17) is 0 Å². The summed E-state index contributed by atoms with van der Waals surface area (Å²) >= 11 is 0. The van der Waals surface area contributed by atoms with E-state index in [0.29, 0.717) is 0 Å². The molecule has 0 aromatic rings. The van der Waals surface area contributed by atoms with Gasteiger partial charge in [-0.25, -0.2) is 0 Å². The SMILES string of the molecule is CN=C(C)CCCCC(C)=NC(C)(C)C. The maximum absolute atomic E-state index is 4.63. The van der Waals surface area contributed by atoms with Crippen molar-refractivity contribution in [3.8, 4) is 0 Å². The Kier molecular flexibility index (Phi) is 6.46. The third-order valence-electron chi connectivity index (χ3n) is 2.24. The first-order valence-corrected chi connectivity index (χ1v) is 5.83. The molecule has 0 aliphatic heterocycles. The fourth-order valence-electron chi connectivity index (χ4n) is 1.50. The van der Waals surface area contributed by atoms with Crippen LogP contribution in [0.1, 0.15) is 60.3 Å². The molecular formula is C13H26N2. The molecule has 0 fully saturated rings. The first-order valence-electron chi connectivity index (χ1n) is 5.83. The van der Waals surface area contributed by atoms with Crippen molar-refractivity contribution in [1.29, 1.82) is 0 Å². The summed E-state index contributed by atoms with van der Waals surface area (Å²) in [5, 5.41) is 0. The van der Waals surface area contributed by atoms with E-state index < -0.39 is 0 Å². The van der Waals surface area contributed by atoms with E-state index in [1.54, 1.807) is 0 Å². The number of unbranched alkanes of at least 4 members (excludes halogenated alkanes) is 1. The lowest BCUT2D eigenvalue weighted by molar-refractivity contribution is 0.580. The summed E-state index contributed by atoms with van der Waals surface area (Å²) < 4.78 is 0. The molecule has 0 aliphatic carbocycles. The topological polar surface area (TPSA) is 24.7 Å². The van der Waals surface area contributed by atoms with Crippen LogP contribution in [-0.4, -0.2) is 24.0 Å². The molecule has 0 aromatic heterocycles. The van der Waals surface area contributed by atoms with Crippen LogP contribution in [0.3, 0.4) is 0 Å². The Hall–Kier alpha value is -0.660. The molecule has 0 bridgehead atoms. The molecule has 0 heterocycles. The third kappa shape index (κ3) is 9.64. The minimum absolute atomic E-state index is 0.0743. The van der Waals surface area contributed by atoms with Crippen molar-refractivity contribution in [2.75, 3.05) is 7.05 Å². The molecule has 0 amide bonds. The molecule has 0 unspecified atom stereocenters. The van der Waals surface area contributed by atoms with Crippen LogP contribution < -0.4 is 0 Å². The lowest BCUT2D eigenvalue weighted by Gasteiger charge is -2.13. The Morgan fingerprint density at radius 1 is 0.933 bits per heavy atom. The summed E-state index contributed by atoms with van der Waals surface area (Å²) in [6, 6.07) is 0. The molecule has 0 N–H and O–H groups in total. The van der Waals surface area contributed by atoms with Gasteiger partial charge in [-0.1, -0.05) is 0 Å². The van der Waals surface area contributed by atoms with Crippen LogP contribution in [-0.2, 0) is 0 Å². The zero-order valence-corrected chi connectivity index (χ0v) is 11.2. The van der Waals surface area contributed by atoms with Gasteiger partial charge in [-0.3, -0.25) is 9.98 Å². The Morgan fingerprint density at radius 2 is 1.40 bits per heavy atom. The van der Waals surface area contributed by atoms with Crippen molar-refractivity contribution in [2.24, 2.45) is 9.98 Å². The summed E-state index contributed by atoms with van der Waals surface area (Å²) in [6.45, 7) is 10.7. The van der Waals surface area contributed by atoms with Crippen molar-refractivity contribution in [3.05, 3.63) is 0 Å². The number of aliphatic imine (C=N–C) groups is 2. The zero-order chi connectivity index (χ0) is 11.9. The summed E-state index contributed by atoms with van der Waals surface area (Å²) in [5.74, 6) is 0. The quantitative estimate of drug-likeness (QED) is 0.486. The molecule has 0 rings (SSSR count). The highest BCUT2D eigenvalue weighted by molar-refractivity contribution is 5.83. The highest BCUT2D eigenvalue weighted by atomic mass is 14.8. The molecule has 0 atom stereocenters. The Labute approximate surface area is 94.9 Å². The molecule has 0 spiro atoms. The van der Waals surface area contributed by atoms with E-state index in [0.717, 1.165) is 12.8 Å². The van der Waals surface area contributed by atoms with Gasteiger partial charge >= 0.3 is 0 Å². The summed E-state index contributed by atoms with van der Waals surface area (Å²) in [5.41, 5.74) is 2.60. The Morgan fingerprint density at radius 3 is 1.80 bits per heavy atom. The maximum atomic E-state index is 4.63. The van der Waals surface area contributed by atoms with Gasteiger partial charge in [0.1, 0.15) is 0 Å². The predicted octanol–water partition coefficient (Wildman–Crippen LogP) is 3.90. The van der Waals surface area contributed by atoms with Crippen molar-refractivity contribution in [1.82, 2.24) is 0 Å². The van der Waals surface area contributed by atoms with E-state index in [1.165, 1.54) is 24.3 Å². The van der Waals surface area contributed by atoms with Gasteiger partial charge in [-0.05, 0) is 60.3 Å². The van der Waals surface area contributed by atoms with Crippen LogP contribution in [0.25, 0.3) is 0 Å². The van der Waals surface area contributed by atoms with E-state index >= 15 is 0 Å². The van der Waals surface area contributed by atoms with Gasteiger partial charge in [0.05, 0.1) is 5.54 Å². The lowest BCUT2D eigenvalue weighted by Crippen LogP contribution is -2.12. The first kappa shape index (κ1) is 14.3. The second kappa shape index (κ2) is 6.76. The molecule has 0 aliphatic rings. The van der Waals surface area contributed by atoms with E-state index in [-0.39, 0.29) is 5.54 Å². The van der Waals surface area contributed by atoms with Gasteiger partial charge < -0.3 is 0 Å². The van der Waals surface area contributed by atoms with E-state index in [1.807, 2.05) is 7.05 Å². The Bertz CT molecular complexity index is 231. The number of hydrogen-bond donors (Lipinski definition) is 0. The normalized spacial score (nSPS) is 14.5. The van der Waals surface area contributed by atoms with Crippen molar-refractivity contribution >= 4 is 11.4 Å². The van der Waals surface area contributed by atoms with Gasteiger partial charge in [-0.2, -0.15) is 0 Å². The lowest BCUT2D eigenvalue weighted by atomic mass is 10.1. The van der Waals surface area contributed by atoms with Crippen molar-refractivity contribution in [2.45, 2.75) is 65.8 Å². The van der Waals surface area contributed by atoms with E-state index in [9.17, 15) is 0 Å². The minimum atomic E-state index is 0.0743. The summed E-state index contributed by atoms with van der Waals surface area (Å²) in [6.07, 6.45) is 4.69. The van der Waals surface area contributed by atoms with Crippen LogP contribution >= 0.6 is 0 Å². The monoisotopic (exact) mass is 210 g/mol. The standard InChI is InChI=1S/C13H26N2/c1-11(14-6)9-7-8-10-12(2)15-13(3,4)5/h7-10H2,1-6H3. The van der Waals surface area contributed by atoms with Gasteiger partial charge in [0, 0.05) is 18.5 Å². The number of hydrogen-bond acceptors (Lipinski definition) is 2. The van der Waals surface area contributed by atoms with Crippen LogP contribution in [0.5, 0.6) is 0 Å². The minimum Gasteiger partial charge on any atom is -0.298 e. The molecule has 88 valence electrons. The molecule has 15 heavy (non-hydrogen) atoms. The van der Waals surface area contributed by atoms with Crippen LogP contribution in [0.2, 0.25) is 0 Å². The number of rotatable bonds is 5. The second-order valence-corrected chi connectivity index (χ2v) is 5.18. The molecule has 0 saturated heterocycles. The summed E-state index contributed by atoms with van der Waals surface area (Å²) in [4.78, 5) is 8.78. The second-order valence-electron chi connectivity index (χ2n) is 5.18. The van der Waals surface area contributed by atoms with Gasteiger partial charge in [0.25, 0.3) is 0 Å². The maximum Gasteiger partial charge on any atom is 0.0523 e. The average molecular weight is 210 g/mol. The predicted molar refractivity (Wildman–Crippen MR) is 70.4 cm³/mol. The first-order chi connectivity index (χ1) is 6.85. The largest absolute Gasteiger partial charge is 0.298 e. The molecule has 2 nitrogen and oxygen atoms in total. The van der Waals surface area contributed by atoms with Gasteiger partial charge in [-0.15, -0.1) is 0 Å². The van der Waals surface area contributed by atoms with Crippen LogP contribution in [0, 0.1) is 0 Å². The highest BCUT2D eigenvalue weighted by Crippen LogP contribution is 2.10. The van der Waals surface area contributed by atoms with E-state index in [2.05, 4.69) is 44.6 Å². The molecular weight excluding hydrogens is 184 g/mol. The average Bonchev–Trinajstić information content (AvgIpc) is 2.09. The van der Waals surface area contributed by atoms with Crippen LogP contribution in [0.4, 0.5) is 0 Å². The van der Waals surface area contributed by atoms with Crippen LogP contribution in [0.15, 0.2) is 9.98 Å². The summed E-state index contributed by atoms with van der Waals surface area (Å²) in [7, 11) is 1.86. The molecule has 0 radical (unpaired) electrons. The fraction of sp³-hybridized carbons (Fsp3) is 0.846. The van der Waals surface area contributed by atoms with Gasteiger partial charge in [0.15, 0.2) is 0 Å². The van der Waals surface area contributed by atoms with Crippen molar-refractivity contribution < 1.29 is 0 Å². The zero-order valence-electron chi connectivity index (χ0n) is 11.2. The fourth-order valence-corrected chi connectivity index (χ4v) is 1.50. The molecule has 2 heteroatoms. The van der Waals surface area contributed by atoms with Gasteiger partial charge in [0.2, 0.25) is 0 Å². The Balaban J connectivity index is 3.74. The van der Waals surface area contributed by atoms with Crippen molar-refractivity contribution in [3.63, 3.8) is 0 Å². The highest BCUT2D eigenvalue weighted by Gasteiger charge is 2.06. The molecule has 0 saturated carbocycles. The number of nitrogens with zero attached hydrogens (tertiary/aromatic N) is 2. The molecule has 0 aromatic carbocycles. The smallest absolute Gasteiger partial charge is 0.0523 e. The third-order valence-corrected chi connectivity index (χ3v) is 2.24.